The first-order chi connectivity index (χ1) is 7.50. The van der Waals surface area contributed by atoms with Crippen LogP contribution in [0.1, 0.15) is 54.7 Å². The zero-order valence-corrected chi connectivity index (χ0v) is 12.0. The molecule has 1 aliphatic rings. The molecule has 16 heavy (non-hydrogen) atoms. The molecule has 2 heteroatoms. The Morgan fingerprint density at radius 3 is 2.69 bits per heavy atom. The Morgan fingerprint density at radius 2 is 2.12 bits per heavy atom. The van der Waals surface area contributed by atoms with Crippen LogP contribution in [0.15, 0.2) is 12.1 Å². The summed E-state index contributed by atoms with van der Waals surface area (Å²) in [6.45, 7) is 6.92. The highest BCUT2D eigenvalue weighted by molar-refractivity contribution is 7.12. The number of thiophene rings is 1. The Hall–Kier alpha value is -0.0100. The van der Waals surface area contributed by atoms with E-state index in [-0.39, 0.29) is 5.38 Å². The van der Waals surface area contributed by atoms with E-state index in [0.717, 1.165) is 0 Å². The molecule has 1 aromatic heterocycles. The molecule has 0 amide bonds. The van der Waals surface area contributed by atoms with E-state index >= 15 is 0 Å². The van der Waals surface area contributed by atoms with Crippen molar-refractivity contribution in [3.8, 4) is 0 Å². The van der Waals surface area contributed by atoms with E-state index in [2.05, 4.69) is 32.9 Å². The lowest BCUT2D eigenvalue weighted by Crippen LogP contribution is -2.30. The molecule has 1 saturated carbocycles. The molecule has 1 aliphatic carbocycles. The van der Waals surface area contributed by atoms with Gasteiger partial charge in [-0.1, -0.05) is 26.7 Å². The molecular formula is C14H21ClS. The van der Waals surface area contributed by atoms with Gasteiger partial charge in [0.1, 0.15) is 0 Å². The highest BCUT2D eigenvalue weighted by Gasteiger charge is 2.37. The molecule has 0 bridgehead atoms. The Kier molecular flexibility index (Phi) is 3.65. The van der Waals surface area contributed by atoms with Gasteiger partial charge in [-0.15, -0.1) is 22.9 Å². The van der Waals surface area contributed by atoms with Crippen LogP contribution in [0.3, 0.4) is 0 Å². The Balaban J connectivity index is 2.17. The van der Waals surface area contributed by atoms with Crippen molar-refractivity contribution in [3.05, 3.63) is 21.9 Å². The minimum absolute atomic E-state index is 0.217. The predicted octanol–water partition coefficient (Wildman–Crippen LogP) is 5.55. The summed E-state index contributed by atoms with van der Waals surface area (Å²) in [6, 6.07) is 4.40. The van der Waals surface area contributed by atoms with Crippen LogP contribution in [0.2, 0.25) is 0 Å². The highest BCUT2D eigenvalue weighted by Crippen LogP contribution is 2.50. The molecule has 90 valence electrons. The molecule has 0 spiro atoms. The van der Waals surface area contributed by atoms with Gasteiger partial charge >= 0.3 is 0 Å². The van der Waals surface area contributed by atoms with E-state index in [1.807, 2.05) is 11.3 Å². The number of aryl methyl sites for hydroxylation is 1. The molecule has 0 saturated heterocycles. The van der Waals surface area contributed by atoms with Crippen LogP contribution in [0.4, 0.5) is 0 Å². The number of halogens is 1. The van der Waals surface area contributed by atoms with Crippen molar-refractivity contribution in [2.45, 2.75) is 51.8 Å². The fourth-order valence-corrected chi connectivity index (χ4v) is 4.46. The SMILES string of the molecule is Cc1ccc(C(Cl)C2CCCCC2(C)C)s1. The lowest BCUT2D eigenvalue weighted by Gasteiger charge is -2.41. The van der Waals surface area contributed by atoms with Gasteiger partial charge in [0.25, 0.3) is 0 Å². The van der Waals surface area contributed by atoms with E-state index in [4.69, 9.17) is 11.6 Å². The first kappa shape index (κ1) is 12.4. The van der Waals surface area contributed by atoms with Crippen molar-refractivity contribution in [2.75, 3.05) is 0 Å². The average molecular weight is 257 g/mol. The summed E-state index contributed by atoms with van der Waals surface area (Å²) in [7, 11) is 0. The van der Waals surface area contributed by atoms with Crippen LogP contribution in [0, 0.1) is 18.3 Å². The summed E-state index contributed by atoms with van der Waals surface area (Å²) in [5.74, 6) is 0.640. The lowest BCUT2D eigenvalue weighted by molar-refractivity contribution is 0.134. The largest absolute Gasteiger partial charge is 0.144 e. The maximum Gasteiger partial charge on any atom is 0.0711 e. The summed E-state index contributed by atoms with van der Waals surface area (Å²) in [6.07, 6.45) is 5.33. The molecule has 0 aliphatic heterocycles. The van der Waals surface area contributed by atoms with Crippen molar-refractivity contribution in [1.82, 2.24) is 0 Å². The van der Waals surface area contributed by atoms with Crippen molar-refractivity contribution in [3.63, 3.8) is 0 Å². The van der Waals surface area contributed by atoms with Crippen molar-refractivity contribution >= 4 is 22.9 Å². The predicted molar refractivity (Wildman–Crippen MR) is 73.4 cm³/mol. The van der Waals surface area contributed by atoms with Gasteiger partial charge in [-0.25, -0.2) is 0 Å². The first-order valence-electron chi connectivity index (χ1n) is 6.21. The summed E-state index contributed by atoms with van der Waals surface area (Å²) in [5.41, 5.74) is 0.405. The van der Waals surface area contributed by atoms with E-state index in [1.54, 1.807) is 0 Å². The average Bonchev–Trinajstić information content (AvgIpc) is 2.63. The third kappa shape index (κ3) is 2.46. The Bertz CT molecular complexity index is 353. The minimum Gasteiger partial charge on any atom is -0.144 e. The van der Waals surface area contributed by atoms with Gasteiger partial charge in [0, 0.05) is 9.75 Å². The molecule has 1 fully saturated rings. The summed E-state index contributed by atoms with van der Waals surface area (Å²) in [5, 5.41) is 0.217. The summed E-state index contributed by atoms with van der Waals surface area (Å²) >= 11 is 8.55. The molecule has 2 unspecified atom stereocenters. The molecule has 1 heterocycles. The van der Waals surface area contributed by atoms with Crippen LogP contribution in [-0.4, -0.2) is 0 Å². The monoisotopic (exact) mass is 256 g/mol. The normalized spacial score (nSPS) is 26.6. The standard InChI is InChI=1S/C14H21ClS/c1-10-7-8-12(16-10)13(15)11-6-4-5-9-14(11,2)3/h7-8,11,13H,4-6,9H2,1-3H3. The van der Waals surface area contributed by atoms with E-state index in [1.165, 1.54) is 35.4 Å². The maximum absolute atomic E-state index is 6.69. The number of alkyl halides is 1. The molecule has 0 radical (unpaired) electrons. The third-order valence-corrected chi connectivity index (χ3v) is 5.73. The van der Waals surface area contributed by atoms with Crippen molar-refractivity contribution in [1.29, 1.82) is 0 Å². The summed E-state index contributed by atoms with van der Waals surface area (Å²) in [4.78, 5) is 2.73. The number of hydrogen-bond acceptors (Lipinski definition) is 1. The lowest BCUT2D eigenvalue weighted by atomic mass is 9.67. The van der Waals surface area contributed by atoms with Gasteiger partial charge in [-0.3, -0.25) is 0 Å². The Labute approximate surface area is 108 Å². The van der Waals surface area contributed by atoms with Gasteiger partial charge in [0.15, 0.2) is 0 Å². The van der Waals surface area contributed by atoms with Gasteiger partial charge in [0.2, 0.25) is 0 Å². The van der Waals surface area contributed by atoms with Crippen LogP contribution in [0.5, 0.6) is 0 Å². The van der Waals surface area contributed by atoms with Gasteiger partial charge < -0.3 is 0 Å². The molecule has 2 rings (SSSR count). The number of rotatable bonds is 2. The number of hydrogen-bond donors (Lipinski definition) is 0. The molecule has 0 aromatic carbocycles. The second kappa shape index (κ2) is 4.70. The third-order valence-electron chi connectivity index (χ3n) is 3.98. The molecule has 2 atom stereocenters. The van der Waals surface area contributed by atoms with Crippen LogP contribution >= 0.6 is 22.9 Å². The van der Waals surface area contributed by atoms with E-state index in [0.29, 0.717) is 11.3 Å². The van der Waals surface area contributed by atoms with Crippen molar-refractivity contribution in [2.24, 2.45) is 11.3 Å². The van der Waals surface area contributed by atoms with Gasteiger partial charge in [0.05, 0.1) is 5.38 Å². The quantitative estimate of drug-likeness (QED) is 0.609. The fourth-order valence-electron chi connectivity index (χ4n) is 2.86. The van der Waals surface area contributed by atoms with Crippen molar-refractivity contribution < 1.29 is 0 Å². The van der Waals surface area contributed by atoms with Gasteiger partial charge in [-0.2, -0.15) is 0 Å². The fraction of sp³-hybridized carbons (Fsp3) is 0.714. The van der Waals surface area contributed by atoms with E-state index < -0.39 is 0 Å². The second-order valence-electron chi connectivity index (χ2n) is 5.69. The zero-order chi connectivity index (χ0) is 11.8. The smallest absolute Gasteiger partial charge is 0.0711 e. The van der Waals surface area contributed by atoms with Crippen LogP contribution < -0.4 is 0 Å². The molecule has 0 N–H and O–H groups in total. The van der Waals surface area contributed by atoms with Gasteiger partial charge in [-0.05, 0) is 43.2 Å². The molecule has 0 nitrogen and oxygen atoms in total. The van der Waals surface area contributed by atoms with Crippen LogP contribution in [-0.2, 0) is 0 Å². The molecular weight excluding hydrogens is 236 g/mol. The highest BCUT2D eigenvalue weighted by atomic mass is 35.5. The van der Waals surface area contributed by atoms with Crippen LogP contribution in [0.25, 0.3) is 0 Å². The summed E-state index contributed by atoms with van der Waals surface area (Å²) < 4.78 is 0. The maximum atomic E-state index is 6.69. The minimum atomic E-state index is 0.217. The topological polar surface area (TPSA) is 0 Å². The van der Waals surface area contributed by atoms with E-state index in [9.17, 15) is 0 Å². The second-order valence-corrected chi connectivity index (χ2v) is 7.48. The first-order valence-corrected chi connectivity index (χ1v) is 7.46. The Morgan fingerprint density at radius 1 is 1.38 bits per heavy atom. The zero-order valence-electron chi connectivity index (χ0n) is 10.4. The molecule has 1 aromatic rings.